The van der Waals surface area contributed by atoms with Crippen molar-refractivity contribution in [2.24, 2.45) is 19.8 Å². The van der Waals surface area contributed by atoms with E-state index >= 15 is 0 Å². The van der Waals surface area contributed by atoms with Gasteiger partial charge in [0.05, 0.1) is 5.39 Å². The highest BCUT2D eigenvalue weighted by Crippen LogP contribution is 2.06. The van der Waals surface area contributed by atoms with E-state index in [9.17, 15) is 14.4 Å². The van der Waals surface area contributed by atoms with Crippen LogP contribution in [0.4, 0.5) is 0 Å². The van der Waals surface area contributed by atoms with E-state index in [1.807, 2.05) is 6.92 Å². The number of aryl methyl sites for hydroxylation is 1. The molecule has 1 atom stereocenters. The second kappa shape index (κ2) is 8.81. The fraction of sp³-hybridized carbons (Fsp3) is 0.429. The fourth-order valence-electron chi connectivity index (χ4n) is 2.08. The Labute approximate surface area is 150 Å². The maximum absolute atomic E-state index is 12.0. The summed E-state index contributed by atoms with van der Waals surface area (Å²) in [5, 5.41) is 2.99. The van der Waals surface area contributed by atoms with Crippen molar-refractivity contribution in [3.8, 4) is 0 Å². The van der Waals surface area contributed by atoms with Gasteiger partial charge in [-0.25, -0.2) is 9.78 Å². The number of nitrogens with two attached hydrogens (primary N) is 1. The van der Waals surface area contributed by atoms with E-state index in [1.165, 1.54) is 30.8 Å². The molecule has 0 saturated heterocycles. The first-order chi connectivity index (χ1) is 10.3. The van der Waals surface area contributed by atoms with Crippen molar-refractivity contribution in [1.82, 2.24) is 19.4 Å². The first kappa shape index (κ1) is 22.1. The molecule has 1 amide bonds. The van der Waals surface area contributed by atoms with Crippen LogP contribution in [0.25, 0.3) is 11.0 Å². The number of carbonyl (C=O) groups is 1. The third-order valence-electron chi connectivity index (χ3n) is 3.42. The third-order valence-corrected chi connectivity index (χ3v) is 3.42. The maximum atomic E-state index is 12.0. The molecule has 8 nitrogen and oxygen atoms in total. The lowest BCUT2D eigenvalue weighted by Gasteiger charge is -2.09. The van der Waals surface area contributed by atoms with Crippen LogP contribution in [0.15, 0.2) is 21.7 Å². The number of carbonyl (C=O) groups excluding carboxylic acids is 1. The summed E-state index contributed by atoms with van der Waals surface area (Å²) >= 11 is 0. The Morgan fingerprint density at radius 2 is 1.88 bits per heavy atom. The minimum atomic E-state index is -0.487. The van der Waals surface area contributed by atoms with Gasteiger partial charge in [-0.1, -0.05) is 0 Å². The summed E-state index contributed by atoms with van der Waals surface area (Å²) in [5.41, 5.74) is 5.04. The zero-order valence-electron chi connectivity index (χ0n) is 13.6. The molecule has 10 heteroatoms. The molecule has 0 aliphatic heterocycles. The molecule has 0 bridgehead atoms. The molecule has 0 spiro atoms. The van der Waals surface area contributed by atoms with Gasteiger partial charge >= 0.3 is 5.69 Å². The molecule has 2 heterocycles. The first-order valence-corrected chi connectivity index (χ1v) is 6.93. The van der Waals surface area contributed by atoms with Gasteiger partial charge in [0.15, 0.2) is 0 Å². The van der Waals surface area contributed by atoms with Crippen LogP contribution >= 0.6 is 24.8 Å². The minimum absolute atomic E-state index is 0. The van der Waals surface area contributed by atoms with Crippen LogP contribution in [0.3, 0.4) is 0 Å². The number of hydrogen-bond donors (Lipinski definition) is 2. The number of amides is 1. The van der Waals surface area contributed by atoms with Gasteiger partial charge in [-0.3, -0.25) is 18.7 Å². The van der Waals surface area contributed by atoms with Gasteiger partial charge in [0.25, 0.3) is 11.5 Å². The molecule has 134 valence electrons. The minimum Gasteiger partial charge on any atom is -0.351 e. The van der Waals surface area contributed by atoms with Crippen LogP contribution in [-0.4, -0.2) is 32.6 Å². The molecule has 0 fully saturated rings. The lowest BCUT2D eigenvalue weighted by Crippen LogP contribution is -2.37. The van der Waals surface area contributed by atoms with Crippen LogP contribution in [0.2, 0.25) is 0 Å². The number of nitrogens with one attached hydrogen (secondary N) is 1. The maximum Gasteiger partial charge on any atom is 0.332 e. The Kier molecular flexibility index (Phi) is 8.12. The van der Waals surface area contributed by atoms with Gasteiger partial charge < -0.3 is 11.1 Å². The molecule has 0 aromatic carbocycles. The van der Waals surface area contributed by atoms with Crippen molar-refractivity contribution in [3.63, 3.8) is 0 Å². The number of aromatic nitrogens is 3. The average Bonchev–Trinajstić information content (AvgIpc) is 2.49. The number of fused-ring (bicyclic) bond motifs is 1. The molecule has 0 aliphatic rings. The van der Waals surface area contributed by atoms with Crippen molar-refractivity contribution in [2.75, 3.05) is 6.54 Å². The fourth-order valence-corrected chi connectivity index (χ4v) is 2.08. The Balaban J connectivity index is 0.00000264. The average molecular weight is 378 g/mol. The van der Waals surface area contributed by atoms with E-state index < -0.39 is 11.2 Å². The molecule has 0 radical (unpaired) electrons. The van der Waals surface area contributed by atoms with E-state index in [2.05, 4.69) is 10.3 Å². The Morgan fingerprint density at radius 3 is 2.46 bits per heavy atom. The Hall–Kier alpha value is -1.90. The van der Waals surface area contributed by atoms with E-state index in [1.54, 1.807) is 0 Å². The summed E-state index contributed by atoms with van der Waals surface area (Å²) in [6.45, 7) is 2.29. The zero-order valence-corrected chi connectivity index (χ0v) is 15.2. The standard InChI is InChI=1S/C14H19N5O3.2ClH/c1-8(15)6-7-16-12(20)10-5-4-9-11(17-10)18(2)14(22)19(3)13(9)21;;/h4-5,8H,6-7,15H2,1-3H3,(H,16,20);2*1H. The van der Waals surface area contributed by atoms with Gasteiger partial charge in [-0.15, -0.1) is 24.8 Å². The van der Waals surface area contributed by atoms with Gasteiger partial charge in [-0.2, -0.15) is 0 Å². The van der Waals surface area contributed by atoms with Crippen molar-refractivity contribution < 1.29 is 4.79 Å². The highest BCUT2D eigenvalue weighted by molar-refractivity contribution is 5.94. The summed E-state index contributed by atoms with van der Waals surface area (Å²) in [5.74, 6) is -0.365. The van der Waals surface area contributed by atoms with Crippen LogP contribution in [-0.2, 0) is 14.1 Å². The largest absolute Gasteiger partial charge is 0.351 e. The molecule has 24 heavy (non-hydrogen) atoms. The highest BCUT2D eigenvalue weighted by Gasteiger charge is 2.13. The second-order valence-corrected chi connectivity index (χ2v) is 5.30. The monoisotopic (exact) mass is 377 g/mol. The van der Waals surface area contributed by atoms with Gasteiger partial charge in [-0.05, 0) is 25.5 Å². The predicted octanol–water partition coefficient (Wildman–Crippen LogP) is -0.0571. The normalized spacial score (nSPS) is 11.3. The Bertz CT molecular complexity index is 845. The highest BCUT2D eigenvalue weighted by atomic mass is 35.5. The summed E-state index contributed by atoms with van der Waals surface area (Å²) in [6.07, 6.45) is 0.651. The SMILES string of the molecule is CC(N)CCNC(=O)c1ccc2c(=O)n(C)c(=O)n(C)c2n1.Cl.Cl. The third kappa shape index (κ3) is 4.34. The summed E-state index contributed by atoms with van der Waals surface area (Å²) in [7, 11) is 2.91. The molecule has 3 N–H and O–H groups in total. The molecule has 0 saturated carbocycles. The van der Waals surface area contributed by atoms with Crippen LogP contribution in [0.1, 0.15) is 23.8 Å². The number of rotatable bonds is 4. The van der Waals surface area contributed by atoms with Gasteiger partial charge in [0.2, 0.25) is 0 Å². The topological polar surface area (TPSA) is 112 Å². The molecule has 0 aliphatic carbocycles. The molecule has 2 rings (SSSR count). The molecule has 2 aromatic rings. The predicted molar refractivity (Wildman–Crippen MR) is 97.3 cm³/mol. The van der Waals surface area contributed by atoms with Crippen molar-refractivity contribution >= 4 is 41.8 Å². The van der Waals surface area contributed by atoms with Crippen LogP contribution in [0, 0.1) is 0 Å². The molecular formula is C14H21Cl2N5O3. The first-order valence-electron chi connectivity index (χ1n) is 6.93. The van der Waals surface area contributed by atoms with Crippen molar-refractivity contribution in [2.45, 2.75) is 19.4 Å². The summed E-state index contributed by atoms with van der Waals surface area (Å²) < 4.78 is 2.25. The molecule has 2 aromatic heterocycles. The number of halogens is 2. The number of pyridine rings is 1. The summed E-state index contributed by atoms with van der Waals surface area (Å²) in [6, 6.07) is 2.97. The number of hydrogen-bond acceptors (Lipinski definition) is 5. The van der Waals surface area contributed by atoms with Crippen LogP contribution in [0.5, 0.6) is 0 Å². The van der Waals surface area contributed by atoms with E-state index in [-0.39, 0.29) is 53.5 Å². The van der Waals surface area contributed by atoms with Gasteiger partial charge in [0.1, 0.15) is 11.3 Å². The van der Waals surface area contributed by atoms with Gasteiger partial charge in [0, 0.05) is 26.7 Å². The molecular weight excluding hydrogens is 357 g/mol. The number of nitrogens with zero attached hydrogens (tertiary/aromatic N) is 3. The van der Waals surface area contributed by atoms with E-state index in [4.69, 9.17) is 5.73 Å². The molecule has 1 unspecified atom stereocenters. The smallest absolute Gasteiger partial charge is 0.332 e. The van der Waals surface area contributed by atoms with Crippen LogP contribution < -0.4 is 22.3 Å². The summed E-state index contributed by atoms with van der Waals surface area (Å²) in [4.78, 5) is 40.1. The van der Waals surface area contributed by atoms with Crippen molar-refractivity contribution in [1.29, 1.82) is 0 Å². The Morgan fingerprint density at radius 1 is 1.25 bits per heavy atom. The quantitative estimate of drug-likeness (QED) is 0.774. The second-order valence-electron chi connectivity index (χ2n) is 5.30. The van der Waals surface area contributed by atoms with E-state index in [0.29, 0.717) is 13.0 Å². The lowest BCUT2D eigenvalue weighted by molar-refractivity contribution is 0.0948. The lowest BCUT2D eigenvalue weighted by atomic mass is 10.2. The zero-order chi connectivity index (χ0) is 16.4. The van der Waals surface area contributed by atoms with E-state index in [0.717, 1.165) is 4.57 Å². The van der Waals surface area contributed by atoms with Crippen molar-refractivity contribution in [3.05, 3.63) is 38.7 Å².